The van der Waals surface area contributed by atoms with Crippen molar-refractivity contribution in [1.29, 1.82) is 0 Å². The van der Waals surface area contributed by atoms with Crippen LogP contribution in [0.15, 0.2) is 59.1 Å². The molecule has 2 aromatic carbocycles. The number of nitrogens with zero attached hydrogens (tertiary/aromatic N) is 3. The molecule has 26 heavy (non-hydrogen) atoms. The maximum atomic E-state index is 5.75. The summed E-state index contributed by atoms with van der Waals surface area (Å²) in [5.74, 6) is 2.69. The van der Waals surface area contributed by atoms with E-state index in [2.05, 4.69) is 52.3 Å². The molecule has 0 spiro atoms. The van der Waals surface area contributed by atoms with Gasteiger partial charge in [-0.1, -0.05) is 47.6 Å². The molecule has 3 aromatic rings. The molecule has 5 heteroatoms. The lowest BCUT2D eigenvalue weighted by atomic mass is 9.99. The molecule has 0 unspecified atom stereocenters. The topological polar surface area (TPSA) is 51.4 Å². The van der Waals surface area contributed by atoms with Crippen LogP contribution in [0.1, 0.15) is 28.8 Å². The first-order chi connectivity index (χ1) is 12.8. The minimum absolute atomic E-state index is 0.345. The largest absolute Gasteiger partial charge is 0.493 e. The van der Waals surface area contributed by atoms with E-state index in [0.717, 1.165) is 31.3 Å². The van der Waals surface area contributed by atoms with Gasteiger partial charge in [0.15, 0.2) is 5.82 Å². The lowest BCUT2D eigenvalue weighted by Crippen LogP contribution is -2.44. The Balaban J connectivity index is 1.23. The standard InChI is InChI=1S/C21H23N3O2/c1-16-6-5-9-19(12-16)25-11-10-20-22-21(26-23-20)18-14-24(15-18)13-17-7-3-2-4-8-17/h2-9,12,18H,10-11,13-15H2,1H3. The fourth-order valence-corrected chi connectivity index (χ4v) is 3.20. The number of hydrogen-bond acceptors (Lipinski definition) is 5. The smallest absolute Gasteiger partial charge is 0.232 e. The third-order valence-corrected chi connectivity index (χ3v) is 4.62. The van der Waals surface area contributed by atoms with Gasteiger partial charge in [0.1, 0.15) is 5.75 Å². The van der Waals surface area contributed by atoms with Crippen LogP contribution < -0.4 is 4.74 Å². The summed E-state index contributed by atoms with van der Waals surface area (Å²) in [6.07, 6.45) is 0.651. The lowest BCUT2D eigenvalue weighted by molar-refractivity contribution is 0.117. The van der Waals surface area contributed by atoms with Gasteiger partial charge in [-0.2, -0.15) is 4.98 Å². The van der Waals surface area contributed by atoms with Crippen LogP contribution in [0, 0.1) is 6.92 Å². The zero-order chi connectivity index (χ0) is 17.8. The summed E-state index contributed by atoms with van der Waals surface area (Å²) in [7, 11) is 0. The average Bonchev–Trinajstić information content (AvgIpc) is 3.07. The molecule has 0 saturated carbocycles. The molecule has 5 nitrogen and oxygen atoms in total. The fourth-order valence-electron chi connectivity index (χ4n) is 3.20. The number of benzene rings is 2. The molecule has 134 valence electrons. The Kier molecular flexibility index (Phi) is 4.97. The molecule has 0 atom stereocenters. The molecule has 0 radical (unpaired) electrons. The molecular formula is C21H23N3O2. The van der Waals surface area contributed by atoms with Crippen molar-refractivity contribution >= 4 is 0 Å². The van der Waals surface area contributed by atoms with Crippen LogP contribution in [0.3, 0.4) is 0 Å². The SMILES string of the molecule is Cc1cccc(OCCc2noc(C3CN(Cc4ccccc4)C3)n2)c1. The van der Waals surface area contributed by atoms with Crippen molar-refractivity contribution in [3.8, 4) is 5.75 Å². The predicted octanol–water partition coefficient (Wildman–Crippen LogP) is 3.60. The normalized spacial score (nSPS) is 15.0. The zero-order valence-electron chi connectivity index (χ0n) is 15.0. The Morgan fingerprint density at radius 2 is 1.96 bits per heavy atom. The Labute approximate surface area is 153 Å². The summed E-state index contributed by atoms with van der Waals surface area (Å²) >= 11 is 0. The molecule has 0 aliphatic carbocycles. The monoisotopic (exact) mass is 349 g/mol. The highest BCUT2D eigenvalue weighted by Gasteiger charge is 2.32. The van der Waals surface area contributed by atoms with E-state index >= 15 is 0 Å². The molecule has 1 aliphatic rings. The quantitative estimate of drug-likeness (QED) is 0.652. The van der Waals surface area contributed by atoms with Crippen LogP contribution >= 0.6 is 0 Å². The molecule has 1 saturated heterocycles. The minimum atomic E-state index is 0.345. The van der Waals surface area contributed by atoms with Crippen LogP contribution in [0.2, 0.25) is 0 Å². The first-order valence-electron chi connectivity index (χ1n) is 9.04. The Morgan fingerprint density at radius 1 is 1.12 bits per heavy atom. The molecular weight excluding hydrogens is 326 g/mol. The molecule has 1 fully saturated rings. The maximum Gasteiger partial charge on any atom is 0.232 e. The van der Waals surface area contributed by atoms with Gasteiger partial charge >= 0.3 is 0 Å². The predicted molar refractivity (Wildman–Crippen MR) is 99.1 cm³/mol. The number of likely N-dealkylation sites (tertiary alicyclic amines) is 1. The third-order valence-electron chi connectivity index (χ3n) is 4.62. The number of aryl methyl sites for hydroxylation is 1. The van der Waals surface area contributed by atoms with Crippen LogP contribution in [0.25, 0.3) is 0 Å². The lowest BCUT2D eigenvalue weighted by Gasteiger charge is -2.37. The minimum Gasteiger partial charge on any atom is -0.493 e. The third kappa shape index (κ3) is 4.11. The summed E-state index contributed by atoms with van der Waals surface area (Å²) in [6.45, 7) is 5.51. The maximum absolute atomic E-state index is 5.75. The first-order valence-corrected chi connectivity index (χ1v) is 9.04. The summed E-state index contributed by atoms with van der Waals surface area (Å²) in [4.78, 5) is 6.93. The van der Waals surface area contributed by atoms with E-state index in [0.29, 0.717) is 24.8 Å². The number of ether oxygens (including phenoxy) is 1. The molecule has 4 rings (SSSR count). The summed E-state index contributed by atoms with van der Waals surface area (Å²) in [5, 5.41) is 4.09. The molecule has 0 N–H and O–H groups in total. The van der Waals surface area contributed by atoms with Gasteiger partial charge in [0.2, 0.25) is 5.89 Å². The average molecular weight is 349 g/mol. The van der Waals surface area contributed by atoms with E-state index in [-0.39, 0.29) is 0 Å². The molecule has 2 heterocycles. The Hall–Kier alpha value is -2.66. The van der Waals surface area contributed by atoms with Gasteiger partial charge in [0.05, 0.1) is 12.5 Å². The van der Waals surface area contributed by atoms with E-state index in [4.69, 9.17) is 9.26 Å². The highest BCUT2D eigenvalue weighted by atomic mass is 16.5. The van der Waals surface area contributed by atoms with Gasteiger partial charge in [-0.3, -0.25) is 4.90 Å². The number of rotatable bonds is 7. The first kappa shape index (κ1) is 16.8. The van der Waals surface area contributed by atoms with Gasteiger partial charge in [-0.05, 0) is 30.2 Å². The van der Waals surface area contributed by atoms with E-state index in [1.807, 2.05) is 24.3 Å². The van der Waals surface area contributed by atoms with Crippen molar-refractivity contribution in [3.63, 3.8) is 0 Å². The van der Waals surface area contributed by atoms with Crippen molar-refractivity contribution in [3.05, 3.63) is 77.4 Å². The van der Waals surface area contributed by atoms with Gasteiger partial charge in [-0.25, -0.2) is 0 Å². The van der Waals surface area contributed by atoms with Crippen molar-refractivity contribution in [2.45, 2.75) is 25.8 Å². The van der Waals surface area contributed by atoms with Crippen molar-refractivity contribution in [2.75, 3.05) is 19.7 Å². The second kappa shape index (κ2) is 7.70. The Morgan fingerprint density at radius 3 is 2.77 bits per heavy atom. The molecule has 1 aromatic heterocycles. The zero-order valence-corrected chi connectivity index (χ0v) is 15.0. The van der Waals surface area contributed by atoms with Gasteiger partial charge < -0.3 is 9.26 Å². The molecule has 0 bridgehead atoms. The molecule has 0 amide bonds. The van der Waals surface area contributed by atoms with Crippen LogP contribution in [0.5, 0.6) is 5.75 Å². The van der Waals surface area contributed by atoms with E-state index in [1.54, 1.807) is 0 Å². The van der Waals surface area contributed by atoms with Gasteiger partial charge in [0, 0.05) is 26.1 Å². The summed E-state index contributed by atoms with van der Waals surface area (Å²) in [6, 6.07) is 18.6. The number of hydrogen-bond donors (Lipinski definition) is 0. The highest BCUT2D eigenvalue weighted by molar-refractivity contribution is 5.27. The van der Waals surface area contributed by atoms with Crippen molar-refractivity contribution in [1.82, 2.24) is 15.0 Å². The van der Waals surface area contributed by atoms with E-state index < -0.39 is 0 Å². The molecule has 1 aliphatic heterocycles. The van der Waals surface area contributed by atoms with E-state index in [9.17, 15) is 0 Å². The van der Waals surface area contributed by atoms with Crippen molar-refractivity contribution < 1.29 is 9.26 Å². The van der Waals surface area contributed by atoms with Gasteiger partial charge in [0.25, 0.3) is 0 Å². The van der Waals surface area contributed by atoms with Crippen LogP contribution in [-0.2, 0) is 13.0 Å². The Bertz CT molecular complexity index is 841. The number of aromatic nitrogens is 2. The second-order valence-electron chi connectivity index (χ2n) is 6.84. The van der Waals surface area contributed by atoms with Crippen LogP contribution in [-0.4, -0.2) is 34.7 Å². The van der Waals surface area contributed by atoms with Crippen molar-refractivity contribution in [2.24, 2.45) is 0 Å². The summed E-state index contributed by atoms with van der Waals surface area (Å²) in [5.41, 5.74) is 2.53. The highest BCUT2D eigenvalue weighted by Crippen LogP contribution is 2.27. The second-order valence-corrected chi connectivity index (χ2v) is 6.84. The van der Waals surface area contributed by atoms with Gasteiger partial charge in [-0.15, -0.1) is 0 Å². The fraction of sp³-hybridized carbons (Fsp3) is 0.333. The summed E-state index contributed by atoms with van der Waals surface area (Å²) < 4.78 is 11.2. The van der Waals surface area contributed by atoms with Crippen LogP contribution in [0.4, 0.5) is 0 Å². The van der Waals surface area contributed by atoms with E-state index in [1.165, 1.54) is 11.1 Å².